The maximum atomic E-state index is 10.8. The molecule has 0 aliphatic carbocycles. The minimum atomic E-state index is -0.959. The van der Waals surface area contributed by atoms with Crippen LogP contribution in [0, 0.1) is 3.57 Å². The Balaban J connectivity index is 2.18. The second-order valence-corrected chi connectivity index (χ2v) is 5.00. The van der Waals surface area contributed by atoms with Crippen LogP contribution in [0.4, 0.5) is 4.79 Å². The van der Waals surface area contributed by atoms with Crippen molar-refractivity contribution >= 4 is 28.7 Å². The van der Waals surface area contributed by atoms with Gasteiger partial charge in [0.15, 0.2) is 6.23 Å². The van der Waals surface area contributed by atoms with Gasteiger partial charge in [-0.1, -0.05) is 0 Å². The number of amides is 1. The standard InChI is InChI=1S/C11H12INO3/c1-13(11(14)15)10-5-2-7-6-8(12)3-4-9(7)16-10/h3-4,6,10H,2,5H2,1H3,(H,14,15)/t10-/m1/s1. The molecule has 0 saturated heterocycles. The first-order chi connectivity index (χ1) is 7.58. The summed E-state index contributed by atoms with van der Waals surface area (Å²) in [7, 11) is 1.53. The lowest BCUT2D eigenvalue weighted by Crippen LogP contribution is -2.42. The first kappa shape index (κ1) is 11.5. The highest BCUT2D eigenvalue weighted by Crippen LogP contribution is 2.29. The predicted octanol–water partition coefficient (Wildman–Crippen LogP) is 2.55. The lowest BCUT2D eigenvalue weighted by Gasteiger charge is -2.31. The van der Waals surface area contributed by atoms with Gasteiger partial charge in [-0.2, -0.15) is 0 Å². The number of halogens is 1. The fourth-order valence-corrected chi connectivity index (χ4v) is 2.29. The van der Waals surface area contributed by atoms with Crippen LogP contribution < -0.4 is 4.74 Å². The summed E-state index contributed by atoms with van der Waals surface area (Å²) >= 11 is 2.26. The highest BCUT2D eigenvalue weighted by Gasteiger charge is 2.25. The number of carbonyl (C=O) groups is 1. The van der Waals surface area contributed by atoms with Gasteiger partial charge in [0, 0.05) is 17.0 Å². The third-order valence-corrected chi connectivity index (χ3v) is 3.35. The first-order valence-electron chi connectivity index (χ1n) is 4.99. The van der Waals surface area contributed by atoms with Gasteiger partial charge in [0.25, 0.3) is 0 Å². The van der Waals surface area contributed by atoms with Crippen molar-refractivity contribution in [2.24, 2.45) is 0 Å². The molecule has 1 amide bonds. The van der Waals surface area contributed by atoms with Gasteiger partial charge in [-0.15, -0.1) is 0 Å². The molecule has 1 aliphatic heterocycles. The molecule has 1 heterocycles. The Morgan fingerprint density at radius 1 is 1.62 bits per heavy atom. The van der Waals surface area contributed by atoms with E-state index in [1.807, 2.05) is 12.1 Å². The van der Waals surface area contributed by atoms with Gasteiger partial charge in [0.05, 0.1) is 0 Å². The molecule has 1 aliphatic rings. The van der Waals surface area contributed by atoms with E-state index in [2.05, 4.69) is 28.7 Å². The third-order valence-electron chi connectivity index (χ3n) is 2.68. The van der Waals surface area contributed by atoms with Crippen LogP contribution in [-0.4, -0.2) is 29.4 Å². The molecule has 0 aromatic heterocycles. The fourth-order valence-electron chi connectivity index (χ4n) is 1.74. The van der Waals surface area contributed by atoms with Crippen molar-refractivity contribution in [2.45, 2.75) is 19.1 Å². The Kier molecular flexibility index (Phi) is 3.22. The van der Waals surface area contributed by atoms with Gasteiger partial charge >= 0.3 is 6.09 Å². The van der Waals surface area contributed by atoms with Gasteiger partial charge in [0.2, 0.25) is 0 Å². The number of fused-ring (bicyclic) bond motifs is 1. The molecule has 5 heteroatoms. The summed E-state index contributed by atoms with van der Waals surface area (Å²) < 4.78 is 6.82. The number of hydrogen-bond donors (Lipinski definition) is 1. The number of nitrogens with zero attached hydrogens (tertiary/aromatic N) is 1. The summed E-state index contributed by atoms with van der Waals surface area (Å²) in [5, 5.41) is 8.87. The number of benzene rings is 1. The van der Waals surface area contributed by atoms with Crippen molar-refractivity contribution in [3.8, 4) is 5.75 Å². The molecule has 1 atom stereocenters. The highest BCUT2D eigenvalue weighted by molar-refractivity contribution is 14.1. The summed E-state index contributed by atoms with van der Waals surface area (Å²) in [5.74, 6) is 0.796. The average molecular weight is 333 g/mol. The smallest absolute Gasteiger partial charge is 0.409 e. The summed E-state index contributed by atoms with van der Waals surface area (Å²) in [6.45, 7) is 0. The molecule has 0 spiro atoms. The van der Waals surface area contributed by atoms with Crippen LogP contribution in [0.25, 0.3) is 0 Å². The lowest BCUT2D eigenvalue weighted by molar-refractivity contribution is 0.0320. The third kappa shape index (κ3) is 2.23. The van der Waals surface area contributed by atoms with Crippen LogP contribution in [0.3, 0.4) is 0 Å². The van der Waals surface area contributed by atoms with Crippen molar-refractivity contribution < 1.29 is 14.6 Å². The fraction of sp³-hybridized carbons (Fsp3) is 0.364. The monoisotopic (exact) mass is 333 g/mol. The predicted molar refractivity (Wildman–Crippen MR) is 67.7 cm³/mol. The first-order valence-corrected chi connectivity index (χ1v) is 6.06. The minimum Gasteiger partial charge on any atom is -0.470 e. The number of ether oxygens (including phenoxy) is 1. The van der Waals surface area contributed by atoms with Crippen molar-refractivity contribution in [1.29, 1.82) is 0 Å². The van der Waals surface area contributed by atoms with Crippen LogP contribution in [0.5, 0.6) is 5.75 Å². The average Bonchev–Trinajstić information content (AvgIpc) is 2.27. The SMILES string of the molecule is CN(C(=O)O)[C@H]1CCc2cc(I)ccc2O1. The largest absolute Gasteiger partial charge is 0.470 e. The second kappa shape index (κ2) is 4.48. The Bertz CT molecular complexity index is 422. The molecule has 4 nitrogen and oxygen atoms in total. The summed E-state index contributed by atoms with van der Waals surface area (Å²) in [5.41, 5.74) is 1.15. The van der Waals surface area contributed by atoms with Crippen molar-refractivity contribution in [1.82, 2.24) is 4.90 Å². The minimum absolute atomic E-state index is 0.370. The normalized spacial score (nSPS) is 18.5. The van der Waals surface area contributed by atoms with Crippen LogP contribution in [0.15, 0.2) is 18.2 Å². The number of carboxylic acid groups (broad SMARTS) is 1. The Hall–Kier alpha value is -0.980. The van der Waals surface area contributed by atoms with Gasteiger partial charge in [-0.25, -0.2) is 4.79 Å². The van der Waals surface area contributed by atoms with Crippen LogP contribution >= 0.6 is 22.6 Å². The molecule has 1 aromatic carbocycles. The quantitative estimate of drug-likeness (QED) is 0.804. The van der Waals surface area contributed by atoms with E-state index in [1.54, 1.807) is 0 Å². The van der Waals surface area contributed by atoms with Crippen molar-refractivity contribution in [3.63, 3.8) is 0 Å². The molecule has 0 saturated carbocycles. The molecule has 86 valence electrons. The second-order valence-electron chi connectivity index (χ2n) is 3.76. The number of rotatable bonds is 1. The van der Waals surface area contributed by atoms with E-state index in [9.17, 15) is 4.79 Å². The molecule has 16 heavy (non-hydrogen) atoms. The Morgan fingerprint density at radius 2 is 2.38 bits per heavy atom. The van der Waals surface area contributed by atoms with E-state index in [0.717, 1.165) is 17.7 Å². The van der Waals surface area contributed by atoms with Crippen LogP contribution in [0.2, 0.25) is 0 Å². The zero-order valence-corrected chi connectivity index (χ0v) is 11.0. The molecular weight excluding hydrogens is 321 g/mol. The zero-order chi connectivity index (χ0) is 11.7. The topological polar surface area (TPSA) is 49.8 Å². The molecular formula is C11H12INO3. The molecule has 0 unspecified atom stereocenters. The Labute approximate surface area is 107 Å². The van der Waals surface area contributed by atoms with Gasteiger partial charge in [-0.05, 0) is 52.8 Å². The van der Waals surface area contributed by atoms with Crippen LogP contribution in [0.1, 0.15) is 12.0 Å². The molecule has 0 fully saturated rings. The number of aryl methyl sites for hydroxylation is 1. The van der Waals surface area contributed by atoms with E-state index >= 15 is 0 Å². The molecule has 2 rings (SSSR count). The molecule has 1 N–H and O–H groups in total. The van der Waals surface area contributed by atoms with E-state index in [-0.39, 0.29) is 6.23 Å². The number of hydrogen-bond acceptors (Lipinski definition) is 2. The van der Waals surface area contributed by atoms with Crippen molar-refractivity contribution in [2.75, 3.05) is 7.05 Å². The highest BCUT2D eigenvalue weighted by atomic mass is 127. The van der Waals surface area contributed by atoms with E-state index < -0.39 is 6.09 Å². The zero-order valence-electron chi connectivity index (χ0n) is 8.81. The molecule has 0 radical (unpaired) electrons. The summed E-state index contributed by atoms with van der Waals surface area (Å²) in [6.07, 6.45) is 0.230. The van der Waals surface area contributed by atoms with Gasteiger partial charge in [0.1, 0.15) is 5.75 Å². The maximum absolute atomic E-state index is 10.8. The summed E-state index contributed by atoms with van der Waals surface area (Å²) in [6, 6.07) is 5.94. The molecule has 1 aromatic rings. The van der Waals surface area contributed by atoms with Crippen molar-refractivity contribution in [3.05, 3.63) is 27.3 Å². The van der Waals surface area contributed by atoms with E-state index in [1.165, 1.54) is 15.5 Å². The van der Waals surface area contributed by atoms with Gasteiger partial charge in [-0.3, -0.25) is 4.90 Å². The summed E-state index contributed by atoms with van der Waals surface area (Å²) in [4.78, 5) is 12.0. The lowest BCUT2D eigenvalue weighted by atomic mass is 10.1. The van der Waals surface area contributed by atoms with E-state index in [0.29, 0.717) is 6.42 Å². The maximum Gasteiger partial charge on any atom is 0.409 e. The molecule has 0 bridgehead atoms. The van der Waals surface area contributed by atoms with Gasteiger partial charge < -0.3 is 9.84 Å². The van der Waals surface area contributed by atoms with E-state index in [4.69, 9.17) is 9.84 Å². The Morgan fingerprint density at radius 3 is 3.06 bits per heavy atom. The van der Waals surface area contributed by atoms with Crippen LogP contribution in [-0.2, 0) is 6.42 Å².